The van der Waals surface area contributed by atoms with Gasteiger partial charge in [-0.25, -0.2) is 0 Å². The summed E-state index contributed by atoms with van der Waals surface area (Å²) in [4.78, 5) is 28.4. The number of carbonyl (C=O) groups excluding carboxylic acids is 2. The lowest BCUT2D eigenvalue weighted by Gasteiger charge is -2.35. The third-order valence-electron chi connectivity index (χ3n) is 8.76. The first-order valence-electron chi connectivity index (χ1n) is 15.7. The van der Waals surface area contributed by atoms with Crippen LogP contribution in [-0.2, 0) is 21.1 Å². The standard InChI is InChI=1S/C36H43F3N2O3/c1-3-25-44-33(42)26-35(4-2,28-11-6-5-7-12-28)21-10-22-41-23-19-30(20-24-41)40-34(43)32-14-9-8-13-31(32)27-15-17-29(18-16-27)36(37,38)39/h5-9,11-18,30H,3-4,10,19-26H2,1-2H3,(H,40,43). The first-order chi connectivity index (χ1) is 21.1. The summed E-state index contributed by atoms with van der Waals surface area (Å²) in [6.45, 7) is 7.21. The molecule has 0 radical (unpaired) electrons. The van der Waals surface area contributed by atoms with Crippen molar-refractivity contribution in [2.24, 2.45) is 0 Å². The van der Waals surface area contributed by atoms with Crippen molar-refractivity contribution in [3.8, 4) is 11.1 Å². The Labute approximate surface area is 258 Å². The zero-order chi connectivity index (χ0) is 31.6. The van der Waals surface area contributed by atoms with Gasteiger partial charge in [-0.3, -0.25) is 9.59 Å². The van der Waals surface area contributed by atoms with E-state index in [0.717, 1.165) is 70.3 Å². The van der Waals surface area contributed by atoms with Crippen molar-refractivity contribution in [1.29, 1.82) is 0 Å². The first-order valence-corrected chi connectivity index (χ1v) is 15.7. The summed E-state index contributed by atoms with van der Waals surface area (Å²) in [5.41, 5.74) is 1.81. The van der Waals surface area contributed by atoms with Crippen LogP contribution in [0.15, 0.2) is 78.9 Å². The zero-order valence-electron chi connectivity index (χ0n) is 25.7. The minimum atomic E-state index is -4.41. The van der Waals surface area contributed by atoms with Gasteiger partial charge in [-0.15, -0.1) is 0 Å². The molecule has 0 aromatic heterocycles. The Kier molecular flexibility index (Phi) is 11.6. The summed E-state index contributed by atoms with van der Waals surface area (Å²) in [6.07, 6.45) is 1.07. The van der Waals surface area contributed by atoms with E-state index in [-0.39, 0.29) is 23.3 Å². The predicted octanol–water partition coefficient (Wildman–Crippen LogP) is 8.04. The highest BCUT2D eigenvalue weighted by atomic mass is 19.4. The van der Waals surface area contributed by atoms with Crippen molar-refractivity contribution in [3.63, 3.8) is 0 Å². The fourth-order valence-electron chi connectivity index (χ4n) is 6.15. The smallest absolute Gasteiger partial charge is 0.416 e. The SMILES string of the molecule is CCCOC(=O)CC(CC)(CCCN1CCC(NC(=O)c2ccccc2-c2ccc(C(F)(F)F)cc2)CC1)c1ccccc1. The van der Waals surface area contributed by atoms with Gasteiger partial charge in [0.25, 0.3) is 5.91 Å². The predicted molar refractivity (Wildman–Crippen MR) is 167 cm³/mol. The number of ether oxygens (including phenoxy) is 1. The maximum Gasteiger partial charge on any atom is 0.416 e. The van der Waals surface area contributed by atoms with E-state index in [1.807, 2.05) is 25.1 Å². The normalized spacial score (nSPS) is 15.8. The van der Waals surface area contributed by atoms with Crippen molar-refractivity contribution in [1.82, 2.24) is 10.2 Å². The second-order valence-electron chi connectivity index (χ2n) is 11.7. The maximum atomic E-state index is 13.3. The minimum absolute atomic E-state index is 0.0202. The lowest BCUT2D eigenvalue weighted by molar-refractivity contribution is -0.145. The van der Waals surface area contributed by atoms with E-state index in [1.54, 1.807) is 24.3 Å². The van der Waals surface area contributed by atoms with Crippen LogP contribution in [0.5, 0.6) is 0 Å². The molecule has 236 valence electrons. The molecule has 1 aliphatic heterocycles. The molecule has 5 nitrogen and oxygen atoms in total. The molecule has 44 heavy (non-hydrogen) atoms. The van der Waals surface area contributed by atoms with Crippen LogP contribution in [-0.4, -0.2) is 49.1 Å². The lowest BCUT2D eigenvalue weighted by Crippen LogP contribution is -2.45. The van der Waals surface area contributed by atoms with Crippen molar-refractivity contribution >= 4 is 11.9 Å². The number of likely N-dealkylation sites (tertiary alicyclic amines) is 1. The number of esters is 1. The monoisotopic (exact) mass is 608 g/mol. The van der Waals surface area contributed by atoms with Crippen LogP contribution in [0, 0.1) is 0 Å². The molecule has 0 spiro atoms. The molecule has 0 bridgehead atoms. The number of rotatable bonds is 13. The van der Waals surface area contributed by atoms with Gasteiger partial charge in [0.1, 0.15) is 0 Å². The molecule has 4 rings (SSSR count). The second kappa shape index (κ2) is 15.4. The van der Waals surface area contributed by atoms with Crippen molar-refractivity contribution < 1.29 is 27.5 Å². The molecular weight excluding hydrogens is 565 g/mol. The van der Waals surface area contributed by atoms with E-state index in [0.29, 0.717) is 29.7 Å². The molecule has 8 heteroatoms. The zero-order valence-corrected chi connectivity index (χ0v) is 25.7. The quantitative estimate of drug-likeness (QED) is 0.200. The third-order valence-corrected chi connectivity index (χ3v) is 8.76. The van der Waals surface area contributed by atoms with Crippen molar-refractivity contribution in [2.45, 2.75) is 76.4 Å². The van der Waals surface area contributed by atoms with Crippen LogP contribution in [0.4, 0.5) is 13.2 Å². The summed E-state index contributed by atoms with van der Waals surface area (Å²) in [7, 11) is 0. The molecule has 1 saturated heterocycles. The van der Waals surface area contributed by atoms with Gasteiger partial charge in [-0.05, 0) is 80.0 Å². The minimum Gasteiger partial charge on any atom is -0.466 e. The van der Waals surface area contributed by atoms with Crippen molar-refractivity contribution in [3.05, 3.63) is 95.6 Å². The van der Waals surface area contributed by atoms with Gasteiger partial charge in [0, 0.05) is 30.1 Å². The third kappa shape index (κ3) is 8.72. The first kappa shape index (κ1) is 33.2. The number of alkyl halides is 3. The molecule has 1 atom stereocenters. The molecule has 1 N–H and O–H groups in total. The van der Waals surface area contributed by atoms with E-state index in [4.69, 9.17) is 4.74 Å². The van der Waals surface area contributed by atoms with Gasteiger partial charge >= 0.3 is 12.1 Å². The van der Waals surface area contributed by atoms with Crippen LogP contribution >= 0.6 is 0 Å². The highest BCUT2D eigenvalue weighted by molar-refractivity contribution is 6.01. The number of carbonyl (C=O) groups is 2. The molecule has 1 heterocycles. The molecule has 1 fully saturated rings. The summed E-state index contributed by atoms with van der Waals surface area (Å²) < 4.78 is 44.5. The van der Waals surface area contributed by atoms with Gasteiger partial charge in [0.05, 0.1) is 18.6 Å². The lowest BCUT2D eigenvalue weighted by atomic mass is 9.72. The van der Waals surface area contributed by atoms with E-state index >= 15 is 0 Å². The van der Waals surface area contributed by atoms with Crippen LogP contribution in [0.2, 0.25) is 0 Å². The topological polar surface area (TPSA) is 58.6 Å². The Morgan fingerprint density at radius 3 is 2.18 bits per heavy atom. The molecule has 0 aliphatic carbocycles. The number of hydrogen-bond acceptors (Lipinski definition) is 4. The van der Waals surface area contributed by atoms with Crippen LogP contribution < -0.4 is 5.32 Å². The molecule has 1 aliphatic rings. The Morgan fingerprint density at radius 2 is 1.55 bits per heavy atom. The number of benzene rings is 3. The Bertz CT molecular complexity index is 1350. The van der Waals surface area contributed by atoms with Crippen molar-refractivity contribution in [2.75, 3.05) is 26.2 Å². The molecule has 3 aromatic carbocycles. The van der Waals surface area contributed by atoms with Gasteiger partial charge in [-0.2, -0.15) is 13.2 Å². The van der Waals surface area contributed by atoms with Crippen LogP contribution in [0.25, 0.3) is 11.1 Å². The van der Waals surface area contributed by atoms with Gasteiger partial charge < -0.3 is 15.0 Å². The molecule has 1 amide bonds. The fraction of sp³-hybridized carbons (Fsp3) is 0.444. The largest absolute Gasteiger partial charge is 0.466 e. The summed E-state index contributed by atoms with van der Waals surface area (Å²) in [6, 6.07) is 22.2. The second-order valence-corrected chi connectivity index (χ2v) is 11.7. The number of nitrogens with one attached hydrogen (secondary N) is 1. The Hall–Kier alpha value is -3.65. The highest BCUT2D eigenvalue weighted by Gasteiger charge is 2.34. The summed E-state index contributed by atoms with van der Waals surface area (Å²) >= 11 is 0. The number of nitrogens with zero attached hydrogens (tertiary/aromatic N) is 1. The Morgan fingerprint density at radius 1 is 0.886 bits per heavy atom. The van der Waals surface area contributed by atoms with Gasteiger partial charge in [0.15, 0.2) is 0 Å². The number of amides is 1. The molecule has 3 aromatic rings. The van der Waals surface area contributed by atoms with E-state index in [9.17, 15) is 22.8 Å². The van der Waals surface area contributed by atoms with E-state index < -0.39 is 11.7 Å². The fourth-order valence-corrected chi connectivity index (χ4v) is 6.15. The summed E-state index contributed by atoms with van der Waals surface area (Å²) in [5.74, 6) is -0.362. The maximum absolute atomic E-state index is 13.3. The number of hydrogen-bond donors (Lipinski definition) is 1. The number of halogens is 3. The average Bonchev–Trinajstić information content (AvgIpc) is 3.04. The molecule has 1 unspecified atom stereocenters. The van der Waals surface area contributed by atoms with Crippen LogP contribution in [0.1, 0.15) is 80.3 Å². The summed E-state index contributed by atoms with van der Waals surface area (Å²) in [5, 5.41) is 3.15. The highest BCUT2D eigenvalue weighted by Crippen LogP contribution is 2.37. The average molecular weight is 609 g/mol. The van der Waals surface area contributed by atoms with Crippen LogP contribution in [0.3, 0.4) is 0 Å². The molecule has 0 saturated carbocycles. The van der Waals surface area contributed by atoms with E-state index in [2.05, 4.69) is 29.3 Å². The van der Waals surface area contributed by atoms with Gasteiger partial charge in [0.2, 0.25) is 0 Å². The van der Waals surface area contributed by atoms with E-state index in [1.165, 1.54) is 17.7 Å². The Balaban J connectivity index is 1.31. The number of piperidine rings is 1. The molecular formula is C36H43F3N2O3. The van der Waals surface area contributed by atoms with Gasteiger partial charge in [-0.1, -0.05) is 74.5 Å².